The quantitative estimate of drug-likeness (QED) is 0.816. The molecule has 0 radical (unpaired) electrons. The van der Waals surface area contributed by atoms with Crippen molar-refractivity contribution in [2.75, 3.05) is 18.0 Å². The van der Waals surface area contributed by atoms with E-state index in [9.17, 15) is 4.79 Å². The molecule has 1 aliphatic heterocycles. The summed E-state index contributed by atoms with van der Waals surface area (Å²) in [5.74, 6) is -0.145. The molecule has 142 valence electrons. The largest absolute Gasteiger partial charge is 0.366 e. The summed E-state index contributed by atoms with van der Waals surface area (Å²) >= 11 is 0. The summed E-state index contributed by atoms with van der Waals surface area (Å²) in [6.07, 6.45) is 1.06. The van der Waals surface area contributed by atoms with Gasteiger partial charge in [0.15, 0.2) is 0 Å². The third-order valence-electron chi connectivity index (χ3n) is 4.86. The molecular formula is C20H27Cl2N3O. The van der Waals surface area contributed by atoms with E-state index >= 15 is 0 Å². The Bertz CT molecular complexity index is 722. The number of nitrogens with one attached hydrogen (secondary N) is 1. The van der Waals surface area contributed by atoms with E-state index in [0.29, 0.717) is 6.54 Å². The Morgan fingerprint density at radius 2 is 1.77 bits per heavy atom. The van der Waals surface area contributed by atoms with Crippen LogP contribution in [0, 0.1) is 0 Å². The van der Waals surface area contributed by atoms with Gasteiger partial charge in [-0.2, -0.15) is 0 Å². The second kappa shape index (κ2) is 9.26. The monoisotopic (exact) mass is 395 g/mol. The number of carbonyl (C=O) groups is 1. The lowest BCUT2D eigenvalue weighted by molar-refractivity contribution is -0.126. The third kappa shape index (κ3) is 4.50. The minimum atomic E-state index is -1.02. The van der Waals surface area contributed by atoms with Gasteiger partial charge in [0.05, 0.1) is 0 Å². The third-order valence-corrected chi connectivity index (χ3v) is 4.86. The summed E-state index contributed by atoms with van der Waals surface area (Å²) in [5, 5.41) is 3.02. The van der Waals surface area contributed by atoms with Crippen molar-refractivity contribution >= 4 is 36.4 Å². The smallest absolute Gasteiger partial charge is 0.244 e. The van der Waals surface area contributed by atoms with Crippen LogP contribution in [0.2, 0.25) is 0 Å². The summed E-state index contributed by atoms with van der Waals surface area (Å²) < 4.78 is 0. The SMILES string of the molecule is CC(CNC(=O)C(C)(N)c1ccccc1)N1CCc2ccccc21.Cl.Cl. The highest BCUT2D eigenvalue weighted by Crippen LogP contribution is 2.29. The maximum atomic E-state index is 12.6. The Morgan fingerprint density at radius 3 is 2.46 bits per heavy atom. The Morgan fingerprint density at radius 1 is 1.15 bits per heavy atom. The fourth-order valence-electron chi connectivity index (χ4n) is 3.27. The zero-order chi connectivity index (χ0) is 17.2. The summed E-state index contributed by atoms with van der Waals surface area (Å²) in [7, 11) is 0. The van der Waals surface area contributed by atoms with Crippen LogP contribution in [0.25, 0.3) is 0 Å². The number of nitrogens with two attached hydrogens (primary N) is 1. The van der Waals surface area contributed by atoms with Crippen LogP contribution in [-0.2, 0) is 16.8 Å². The highest BCUT2D eigenvalue weighted by Gasteiger charge is 2.31. The van der Waals surface area contributed by atoms with Crippen molar-refractivity contribution in [1.82, 2.24) is 5.32 Å². The maximum Gasteiger partial charge on any atom is 0.244 e. The zero-order valence-corrected chi connectivity index (χ0v) is 16.8. The highest BCUT2D eigenvalue weighted by atomic mass is 35.5. The number of para-hydroxylation sites is 1. The van der Waals surface area contributed by atoms with Gasteiger partial charge in [-0.25, -0.2) is 0 Å². The van der Waals surface area contributed by atoms with Crippen molar-refractivity contribution in [2.45, 2.75) is 31.8 Å². The maximum absolute atomic E-state index is 12.6. The topological polar surface area (TPSA) is 58.4 Å². The molecule has 0 saturated heterocycles. The van der Waals surface area contributed by atoms with Gasteiger partial charge in [-0.3, -0.25) is 4.79 Å². The number of carbonyl (C=O) groups excluding carboxylic acids is 1. The molecule has 3 rings (SSSR count). The van der Waals surface area contributed by atoms with E-state index in [0.717, 1.165) is 18.5 Å². The Labute approximate surface area is 168 Å². The highest BCUT2D eigenvalue weighted by molar-refractivity contribution is 5.87. The lowest BCUT2D eigenvalue weighted by Gasteiger charge is -2.30. The van der Waals surface area contributed by atoms with Gasteiger partial charge in [0.1, 0.15) is 5.54 Å². The summed E-state index contributed by atoms with van der Waals surface area (Å²) in [6, 6.07) is 18.2. The van der Waals surface area contributed by atoms with Crippen molar-refractivity contribution in [2.24, 2.45) is 5.73 Å². The fraction of sp³-hybridized carbons (Fsp3) is 0.350. The van der Waals surface area contributed by atoms with Gasteiger partial charge >= 0.3 is 0 Å². The molecule has 1 heterocycles. The average molecular weight is 396 g/mol. The van der Waals surface area contributed by atoms with E-state index < -0.39 is 5.54 Å². The van der Waals surface area contributed by atoms with Gasteiger partial charge in [0.2, 0.25) is 5.91 Å². The van der Waals surface area contributed by atoms with E-state index in [1.807, 2.05) is 30.3 Å². The van der Waals surface area contributed by atoms with E-state index in [2.05, 4.69) is 41.4 Å². The van der Waals surface area contributed by atoms with Crippen LogP contribution in [0.15, 0.2) is 54.6 Å². The van der Waals surface area contributed by atoms with Gasteiger partial charge in [-0.1, -0.05) is 48.5 Å². The van der Waals surface area contributed by atoms with Crippen molar-refractivity contribution in [3.05, 3.63) is 65.7 Å². The second-order valence-corrected chi connectivity index (χ2v) is 6.70. The predicted octanol–water partition coefficient (Wildman–Crippen LogP) is 3.27. The number of rotatable bonds is 5. The van der Waals surface area contributed by atoms with Crippen LogP contribution in [0.5, 0.6) is 0 Å². The number of amides is 1. The lowest BCUT2D eigenvalue weighted by Crippen LogP contribution is -2.52. The Balaban J connectivity index is 0.00000169. The number of fused-ring (bicyclic) bond motifs is 1. The number of benzene rings is 2. The lowest BCUT2D eigenvalue weighted by atomic mass is 9.92. The normalized spacial score (nSPS) is 15.7. The van der Waals surface area contributed by atoms with Crippen LogP contribution in [-0.4, -0.2) is 25.0 Å². The Kier molecular flexibility index (Phi) is 7.94. The van der Waals surface area contributed by atoms with Crippen molar-refractivity contribution < 1.29 is 4.79 Å². The molecule has 2 aromatic rings. The summed E-state index contributed by atoms with van der Waals surface area (Å²) in [6.45, 7) is 5.47. The molecule has 0 aromatic heterocycles. The minimum Gasteiger partial charge on any atom is -0.366 e. The first-order chi connectivity index (χ1) is 11.5. The zero-order valence-electron chi connectivity index (χ0n) is 15.1. The second-order valence-electron chi connectivity index (χ2n) is 6.70. The van der Waals surface area contributed by atoms with Crippen LogP contribution in [0.4, 0.5) is 5.69 Å². The van der Waals surface area contributed by atoms with Gasteiger partial charge in [0.25, 0.3) is 0 Å². The molecule has 4 nitrogen and oxygen atoms in total. The minimum absolute atomic E-state index is 0. The molecule has 0 aliphatic carbocycles. The molecule has 26 heavy (non-hydrogen) atoms. The molecule has 0 saturated carbocycles. The van der Waals surface area contributed by atoms with Gasteiger partial charge in [-0.05, 0) is 37.5 Å². The fourth-order valence-corrected chi connectivity index (χ4v) is 3.27. The molecule has 1 aliphatic rings. The van der Waals surface area contributed by atoms with Gasteiger partial charge in [-0.15, -0.1) is 24.8 Å². The molecule has 6 heteroatoms. The van der Waals surface area contributed by atoms with E-state index in [1.165, 1.54) is 11.3 Å². The molecule has 2 aromatic carbocycles. The van der Waals surface area contributed by atoms with Crippen LogP contribution in [0.3, 0.4) is 0 Å². The predicted molar refractivity (Wildman–Crippen MR) is 112 cm³/mol. The number of nitrogens with zero attached hydrogens (tertiary/aromatic N) is 1. The van der Waals surface area contributed by atoms with Gasteiger partial charge < -0.3 is 16.0 Å². The van der Waals surface area contributed by atoms with Crippen molar-refractivity contribution in [3.8, 4) is 0 Å². The summed E-state index contributed by atoms with van der Waals surface area (Å²) in [5.41, 5.74) is 8.72. The van der Waals surface area contributed by atoms with Gasteiger partial charge in [0, 0.05) is 24.8 Å². The first kappa shape index (κ1) is 22.3. The summed E-state index contributed by atoms with van der Waals surface area (Å²) in [4.78, 5) is 14.9. The number of anilines is 1. The van der Waals surface area contributed by atoms with E-state index in [-0.39, 0.29) is 36.8 Å². The Hall–Kier alpha value is -1.75. The van der Waals surface area contributed by atoms with Crippen molar-refractivity contribution in [1.29, 1.82) is 0 Å². The van der Waals surface area contributed by atoms with E-state index in [4.69, 9.17) is 5.73 Å². The first-order valence-electron chi connectivity index (χ1n) is 8.47. The number of hydrogen-bond donors (Lipinski definition) is 2. The first-order valence-corrected chi connectivity index (χ1v) is 8.47. The van der Waals surface area contributed by atoms with E-state index in [1.54, 1.807) is 6.92 Å². The van der Waals surface area contributed by atoms with Crippen LogP contribution >= 0.6 is 24.8 Å². The molecule has 3 N–H and O–H groups in total. The molecule has 1 amide bonds. The standard InChI is InChI=1S/C20H25N3O.2ClH/c1-15(23-13-12-16-8-6-7-11-18(16)23)14-22-19(24)20(2,21)17-9-4-3-5-10-17;;/h3-11,15H,12-14,21H2,1-2H3,(H,22,24);2*1H. The molecule has 2 atom stereocenters. The molecule has 0 fully saturated rings. The van der Waals surface area contributed by atoms with Crippen LogP contribution < -0.4 is 16.0 Å². The molecule has 0 spiro atoms. The average Bonchev–Trinajstić information content (AvgIpc) is 3.04. The molecule has 2 unspecified atom stereocenters. The van der Waals surface area contributed by atoms with Crippen LogP contribution in [0.1, 0.15) is 25.0 Å². The van der Waals surface area contributed by atoms with Crippen molar-refractivity contribution in [3.63, 3.8) is 0 Å². The number of hydrogen-bond acceptors (Lipinski definition) is 3. The molecular weight excluding hydrogens is 369 g/mol. The molecule has 0 bridgehead atoms. The number of halogens is 2.